The zero-order chi connectivity index (χ0) is 15.2. The van der Waals surface area contributed by atoms with E-state index < -0.39 is 0 Å². The lowest BCUT2D eigenvalue weighted by Crippen LogP contribution is -2.35. The monoisotopic (exact) mass is 287 g/mol. The van der Waals surface area contributed by atoms with Gasteiger partial charge >= 0.3 is 0 Å². The Bertz CT molecular complexity index is 437. The van der Waals surface area contributed by atoms with Crippen LogP contribution in [-0.4, -0.2) is 6.54 Å². The van der Waals surface area contributed by atoms with E-state index in [1.807, 2.05) is 0 Å². The van der Waals surface area contributed by atoms with Crippen LogP contribution in [0.25, 0.3) is 0 Å². The second-order valence-electron chi connectivity index (χ2n) is 6.89. The molecule has 0 radical (unpaired) electrons. The molecular formula is C20H33N. The lowest BCUT2D eigenvalue weighted by Gasteiger charge is -2.38. The van der Waals surface area contributed by atoms with Crippen molar-refractivity contribution < 1.29 is 0 Å². The summed E-state index contributed by atoms with van der Waals surface area (Å²) >= 11 is 0. The van der Waals surface area contributed by atoms with Gasteiger partial charge in [-0.15, -0.1) is 0 Å². The van der Waals surface area contributed by atoms with Crippen LogP contribution in [0.3, 0.4) is 0 Å². The molecule has 2 rings (SSSR count). The maximum absolute atomic E-state index is 3.87. The Morgan fingerprint density at radius 3 is 2.52 bits per heavy atom. The van der Waals surface area contributed by atoms with E-state index in [2.05, 4.69) is 51.2 Å². The Morgan fingerprint density at radius 1 is 1.10 bits per heavy atom. The molecule has 1 N–H and O–H groups in total. The van der Waals surface area contributed by atoms with Gasteiger partial charge in [0.2, 0.25) is 0 Å². The quantitative estimate of drug-likeness (QED) is 0.722. The van der Waals surface area contributed by atoms with Gasteiger partial charge in [0.25, 0.3) is 0 Å². The van der Waals surface area contributed by atoms with Gasteiger partial charge in [-0.2, -0.15) is 0 Å². The van der Waals surface area contributed by atoms with E-state index in [0.717, 1.165) is 18.4 Å². The molecule has 0 bridgehead atoms. The van der Waals surface area contributed by atoms with Crippen molar-refractivity contribution in [2.24, 2.45) is 11.8 Å². The zero-order valence-corrected chi connectivity index (χ0v) is 14.4. The average molecular weight is 287 g/mol. The molecule has 0 saturated heterocycles. The molecule has 3 atom stereocenters. The van der Waals surface area contributed by atoms with Gasteiger partial charge in [0.1, 0.15) is 0 Å². The van der Waals surface area contributed by atoms with E-state index in [9.17, 15) is 0 Å². The minimum Gasteiger partial charge on any atom is -0.310 e. The summed E-state index contributed by atoms with van der Waals surface area (Å²) in [5.74, 6) is 1.71. The van der Waals surface area contributed by atoms with Crippen molar-refractivity contribution in [2.45, 2.75) is 72.3 Å². The van der Waals surface area contributed by atoms with Gasteiger partial charge in [-0.25, -0.2) is 0 Å². The smallest absolute Gasteiger partial charge is 0.0351 e. The maximum atomic E-state index is 3.87. The van der Waals surface area contributed by atoms with E-state index in [1.54, 1.807) is 0 Å². The minimum atomic E-state index is 0.550. The fraction of sp³-hybridized carbons (Fsp3) is 0.700. The maximum Gasteiger partial charge on any atom is 0.0351 e. The largest absolute Gasteiger partial charge is 0.310 e. The predicted octanol–water partition coefficient (Wildman–Crippen LogP) is 5.56. The van der Waals surface area contributed by atoms with Crippen LogP contribution in [0.15, 0.2) is 18.2 Å². The van der Waals surface area contributed by atoms with E-state index in [1.165, 1.54) is 55.2 Å². The number of benzene rings is 1. The second kappa shape index (κ2) is 7.98. The van der Waals surface area contributed by atoms with Crippen molar-refractivity contribution in [1.82, 2.24) is 5.32 Å². The first-order valence-electron chi connectivity index (χ1n) is 8.97. The van der Waals surface area contributed by atoms with Gasteiger partial charge in [-0.1, -0.05) is 57.7 Å². The number of aryl methyl sites for hydroxylation is 2. The molecule has 0 aliphatic heterocycles. The summed E-state index contributed by atoms with van der Waals surface area (Å²) in [4.78, 5) is 0. The van der Waals surface area contributed by atoms with Crippen molar-refractivity contribution in [3.63, 3.8) is 0 Å². The van der Waals surface area contributed by atoms with Crippen LogP contribution in [0.4, 0.5) is 0 Å². The fourth-order valence-electron chi connectivity index (χ4n) is 3.96. The van der Waals surface area contributed by atoms with E-state index in [-0.39, 0.29) is 0 Å². The van der Waals surface area contributed by atoms with Crippen LogP contribution in [0.1, 0.15) is 75.1 Å². The highest BCUT2D eigenvalue weighted by molar-refractivity contribution is 5.32. The highest BCUT2D eigenvalue weighted by atomic mass is 14.9. The Balaban J connectivity index is 2.25. The van der Waals surface area contributed by atoms with Crippen LogP contribution in [0, 0.1) is 25.7 Å². The molecule has 0 spiro atoms. The highest BCUT2D eigenvalue weighted by Gasteiger charge is 2.31. The van der Waals surface area contributed by atoms with Crippen molar-refractivity contribution in [3.05, 3.63) is 34.9 Å². The molecule has 1 aliphatic carbocycles. The van der Waals surface area contributed by atoms with Crippen molar-refractivity contribution in [1.29, 1.82) is 0 Å². The molecule has 1 nitrogen and oxygen atoms in total. The molecule has 21 heavy (non-hydrogen) atoms. The summed E-state index contributed by atoms with van der Waals surface area (Å²) < 4.78 is 0. The summed E-state index contributed by atoms with van der Waals surface area (Å²) in [6.07, 6.45) is 8.21. The average Bonchev–Trinajstić information content (AvgIpc) is 2.51. The first kappa shape index (κ1) is 16.5. The van der Waals surface area contributed by atoms with E-state index in [4.69, 9.17) is 0 Å². The van der Waals surface area contributed by atoms with E-state index >= 15 is 0 Å². The van der Waals surface area contributed by atoms with Gasteiger partial charge in [-0.05, 0) is 61.8 Å². The SMILES string of the molecule is CCCNC(c1ccc(C)c(C)c1)C1CCCCC1CC. The molecule has 0 aromatic heterocycles. The summed E-state index contributed by atoms with van der Waals surface area (Å²) in [6, 6.07) is 7.63. The van der Waals surface area contributed by atoms with Crippen LogP contribution < -0.4 is 5.32 Å². The van der Waals surface area contributed by atoms with Crippen molar-refractivity contribution >= 4 is 0 Å². The second-order valence-corrected chi connectivity index (χ2v) is 6.89. The molecule has 0 amide bonds. The normalized spacial score (nSPS) is 24.0. The molecule has 1 heteroatoms. The van der Waals surface area contributed by atoms with Gasteiger partial charge in [-0.3, -0.25) is 0 Å². The lowest BCUT2D eigenvalue weighted by molar-refractivity contribution is 0.175. The van der Waals surface area contributed by atoms with Gasteiger partial charge in [0.05, 0.1) is 0 Å². The summed E-state index contributed by atoms with van der Waals surface area (Å²) in [7, 11) is 0. The van der Waals surface area contributed by atoms with Crippen LogP contribution in [0.2, 0.25) is 0 Å². The molecule has 3 unspecified atom stereocenters. The minimum absolute atomic E-state index is 0.550. The molecule has 1 fully saturated rings. The summed E-state index contributed by atoms with van der Waals surface area (Å²) in [5.41, 5.74) is 4.35. The van der Waals surface area contributed by atoms with Crippen LogP contribution >= 0.6 is 0 Å². The lowest BCUT2D eigenvalue weighted by atomic mass is 9.72. The Kier molecular flexibility index (Phi) is 6.29. The molecule has 0 heterocycles. The Labute approximate surface area is 131 Å². The third-order valence-corrected chi connectivity index (χ3v) is 5.42. The number of nitrogens with one attached hydrogen (secondary N) is 1. The first-order chi connectivity index (χ1) is 10.2. The molecule has 1 aliphatic rings. The molecule has 1 aromatic carbocycles. The predicted molar refractivity (Wildman–Crippen MR) is 92.7 cm³/mol. The fourth-order valence-corrected chi connectivity index (χ4v) is 3.96. The van der Waals surface area contributed by atoms with Gasteiger partial charge < -0.3 is 5.32 Å². The summed E-state index contributed by atoms with van der Waals surface area (Å²) in [6.45, 7) is 10.2. The standard InChI is InChI=1S/C20H33N/c1-5-13-21-20(18-12-11-15(3)16(4)14-18)19-10-8-7-9-17(19)6-2/h11-12,14,17,19-21H,5-10,13H2,1-4H3. The van der Waals surface area contributed by atoms with Crippen molar-refractivity contribution in [2.75, 3.05) is 6.54 Å². The Hall–Kier alpha value is -0.820. The van der Waals surface area contributed by atoms with Crippen LogP contribution in [-0.2, 0) is 0 Å². The molecule has 1 saturated carbocycles. The van der Waals surface area contributed by atoms with Gasteiger partial charge in [0.15, 0.2) is 0 Å². The third kappa shape index (κ3) is 4.10. The van der Waals surface area contributed by atoms with E-state index in [0.29, 0.717) is 6.04 Å². The number of hydrogen-bond acceptors (Lipinski definition) is 1. The first-order valence-corrected chi connectivity index (χ1v) is 8.97. The molecular weight excluding hydrogens is 254 g/mol. The molecule has 118 valence electrons. The van der Waals surface area contributed by atoms with Crippen LogP contribution in [0.5, 0.6) is 0 Å². The molecule has 1 aromatic rings. The topological polar surface area (TPSA) is 12.0 Å². The third-order valence-electron chi connectivity index (χ3n) is 5.42. The van der Waals surface area contributed by atoms with Gasteiger partial charge in [0, 0.05) is 6.04 Å². The Morgan fingerprint density at radius 2 is 1.86 bits per heavy atom. The number of hydrogen-bond donors (Lipinski definition) is 1. The zero-order valence-electron chi connectivity index (χ0n) is 14.4. The summed E-state index contributed by atoms with van der Waals surface area (Å²) in [5, 5.41) is 3.87. The number of rotatable bonds is 6. The van der Waals surface area contributed by atoms with Crippen molar-refractivity contribution in [3.8, 4) is 0 Å². The highest BCUT2D eigenvalue weighted by Crippen LogP contribution is 2.40.